The molecule has 4 aromatic rings. The minimum Gasteiger partial charge on any atom is -0.324 e. The van der Waals surface area contributed by atoms with E-state index in [1.165, 1.54) is 12.1 Å². The molecule has 2 aromatic carbocycles. The van der Waals surface area contributed by atoms with Crippen LogP contribution in [0.1, 0.15) is 38.8 Å². The molecule has 0 saturated carbocycles. The van der Waals surface area contributed by atoms with Gasteiger partial charge in [0, 0.05) is 45.9 Å². The Bertz CT molecular complexity index is 1390. The minimum absolute atomic E-state index is 0.0642. The van der Waals surface area contributed by atoms with Crippen LogP contribution in [0.15, 0.2) is 73.2 Å². The molecule has 0 fully saturated rings. The van der Waals surface area contributed by atoms with Crippen LogP contribution >= 0.6 is 15.9 Å². The lowest BCUT2D eigenvalue weighted by atomic mass is 10.0. The average molecular weight is 556 g/mol. The number of alkyl halides is 4. The highest BCUT2D eigenvalue weighted by Crippen LogP contribution is 2.38. The molecule has 2 aromatic heterocycles. The van der Waals surface area contributed by atoms with E-state index in [-0.39, 0.29) is 11.1 Å². The number of carbonyl (C=O) groups is 1. The Morgan fingerprint density at radius 2 is 1.86 bits per heavy atom. The third-order valence-electron chi connectivity index (χ3n) is 5.40. The monoisotopic (exact) mass is 555 g/mol. The number of carbonyl (C=O) groups excluding carboxylic acids is 1. The molecule has 184 valence electrons. The quantitative estimate of drug-likeness (QED) is 0.244. The number of anilines is 3. The Morgan fingerprint density at radius 1 is 1.06 bits per heavy atom. The van der Waals surface area contributed by atoms with Crippen LogP contribution in [0.5, 0.6) is 0 Å². The Morgan fingerprint density at radius 3 is 2.56 bits per heavy atom. The van der Waals surface area contributed by atoms with Crippen LogP contribution in [0.3, 0.4) is 0 Å². The van der Waals surface area contributed by atoms with Crippen molar-refractivity contribution in [1.82, 2.24) is 15.0 Å². The largest absolute Gasteiger partial charge is 0.416 e. The molecule has 1 unspecified atom stereocenters. The number of hydrogen-bond donors (Lipinski definition) is 2. The maximum atomic E-state index is 13.5. The fourth-order valence-corrected chi connectivity index (χ4v) is 3.94. The SMILES string of the molecule is Cc1ccc(NC(=O)c2ccc(C(C)Br)c(C(F)(F)F)c2)cc1Nc1nccc(-c2cccnc2)n1. The first-order chi connectivity index (χ1) is 17.1. The van der Waals surface area contributed by atoms with Crippen LogP contribution in [-0.2, 0) is 6.18 Å². The van der Waals surface area contributed by atoms with E-state index in [9.17, 15) is 18.0 Å². The Balaban J connectivity index is 1.56. The number of pyridine rings is 1. The number of rotatable bonds is 6. The van der Waals surface area contributed by atoms with Crippen LogP contribution in [0.2, 0.25) is 0 Å². The van der Waals surface area contributed by atoms with E-state index in [1.54, 1.807) is 49.8 Å². The molecule has 0 aliphatic heterocycles. The third-order valence-corrected chi connectivity index (χ3v) is 5.90. The van der Waals surface area contributed by atoms with Gasteiger partial charge in [-0.3, -0.25) is 9.78 Å². The molecular formula is C26H21BrF3N5O. The van der Waals surface area contributed by atoms with E-state index >= 15 is 0 Å². The first kappa shape index (κ1) is 25.3. The molecular weight excluding hydrogens is 535 g/mol. The highest BCUT2D eigenvalue weighted by Gasteiger charge is 2.35. The molecule has 6 nitrogen and oxygen atoms in total. The zero-order valence-electron chi connectivity index (χ0n) is 19.3. The van der Waals surface area contributed by atoms with Crippen LogP contribution in [0.25, 0.3) is 11.3 Å². The molecule has 0 saturated heterocycles. The minimum atomic E-state index is -4.58. The number of nitrogens with one attached hydrogen (secondary N) is 2. The van der Waals surface area contributed by atoms with Gasteiger partial charge in [-0.2, -0.15) is 13.2 Å². The highest BCUT2D eigenvalue weighted by molar-refractivity contribution is 9.09. The molecule has 1 amide bonds. The topological polar surface area (TPSA) is 79.8 Å². The van der Waals surface area contributed by atoms with Crippen LogP contribution in [0, 0.1) is 6.92 Å². The molecule has 36 heavy (non-hydrogen) atoms. The zero-order valence-corrected chi connectivity index (χ0v) is 20.9. The third kappa shape index (κ3) is 5.88. The summed E-state index contributed by atoms with van der Waals surface area (Å²) in [6.45, 7) is 3.47. The van der Waals surface area contributed by atoms with Crippen LogP contribution in [0.4, 0.5) is 30.5 Å². The summed E-state index contributed by atoms with van der Waals surface area (Å²) in [6.07, 6.45) is 0.406. The summed E-state index contributed by atoms with van der Waals surface area (Å²) in [5.41, 5.74) is 2.54. The summed E-state index contributed by atoms with van der Waals surface area (Å²) in [4.78, 5) is 25.1. The van der Waals surface area contributed by atoms with Gasteiger partial charge in [-0.25, -0.2) is 9.97 Å². The molecule has 0 spiro atoms. The van der Waals surface area contributed by atoms with E-state index in [2.05, 4.69) is 41.5 Å². The second kappa shape index (κ2) is 10.4. The predicted molar refractivity (Wildman–Crippen MR) is 136 cm³/mol. The van der Waals surface area contributed by atoms with Crippen molar-refractivity contribution in [2.24, 2.45) is 0 Å². The maximum Gasteiger partial charge on any atom is 0.416 e. The number of halogens is 4. The lowest BCUT2D eigenvalue weighted by Crippen LogP contribution is -2.16. The van der Waals surface area contributed by atoms with E-state index in [1.807, 2.05) is 19.1 Å². The van der Waals surface area contributed by atoms with Gasteiger partial charge in [0.1, 0.15) is 0 Å². The molecule has 2 N–H and O–H groups in total. The average Bonchev–Trinajstić information content (AvgIpc) is 2.86. The molecule has 2 heterocycles. The second-order valence-electron chi connectivity index (χ2n) is 8.03. The highest BCUT2D eigenvalue weighted by atomic mass is 79.9. The lowest BCUT2D eigenvalue weighted by Gasteiger charge is -2.16. The number of amides is 1. The summed E-state index contributed by atoms with van der Waals surface area (Å²) in [5.74, 6) is -0.309. The first-order valence-electron chi connectivity index (χ1n) is 10.9. The Kier molecular flexibility index (Phi) is 7.35. The van der Waals surface area contributed by atoms with Crippen LogP contribution in [-0.4, -0.2) is 20.9 Å². The summed E-state index contributed by atoms with van der Waals surface area (Å²) < 4.78 is 40.6. The van der Waals surface area contributed by atoms with Gasteiger partial charge < -0.3 is 10.6 Å². The van der Waals surface area contributed by atoms with Gasteiger partial charge >= 0.3 is 6.18 Å². The fourth-order valence-electron chi connectivity index (χ4n) is 3.54. The van der Waals surface area contributed by atoms with Gasteiger partial charge in [0.05, 0.1) is 11.3 Å². The van der Waals surface area contributed by atoms with Crippen molar-refractivity contribution in [1.29, 1.82) is 0 Å². The van der Waals surface area contributed by atoms with Gasteiger partial charge in [-0.15, -0.1) is 0 Å². The molecule has 0 aliphatic rings. The van der Waals surface area contributed by atoms with Crippen molar-refractivity contribution in [2.75, 3.05) is 10.6 Å². The van der Waals surface area contributed by atoms with E-state index in [4.69, 9.17) is 0 Å². The number of hydrogen-bond acceptors (Lipinski definition) is 5. The molecule has 0 radical (unpaired) electrons. The molecule has 0 bridgehead atoms. The van der Waals surface area contributed by atoms with Crippen molar-refractivity contribution in [3.05, 3.63) is 95.4 Å². The van der Waals surface area contributed by atoms with Crippen LogP contribution < -0.4 is 10.6 Å². The lowest BCUT2D eigenvalue weighted by molar-refractivity contribution is -0.138. The van der Waals surface area contributed by atoms with Crippen molar-refractivity contribution in [3.63, 3.8) is 0 Å². The molecule has 0 aliphatic carbocycles. The Labute approximate surface area is 214 Å². The van der Waals surface area contributed by atoms with Gasteiger partial charge in [0.2, 0.25) is 5.95 Å². The van der Waals surface area contributed by atoms with Crippen molar-refractivity contribution >= 4 is 39.2 Å². The normalized spacial score (nSPS) is 12.2. The van der Waals surface area contributed by atoms with E-state index in [0.29, 0.717) is 23.0 Å². The summed E-state index contributed by atoms with van der Waals surface area (Å²) >= 11 is 3.18. The van der Waals surface area contributed by atoms with Crippen molar-refractivity contribution in [3.8, 4) is 11.3 Å². The van der Waals surface area contributed by atoms with Gasteiger partial charge in [0.25, 0.3) is 5.91 Å². The molecule has 1 atom stereocenters. The number of aryl methyl sites for hydroxylation is 1. The van der Waals surface area contributed by atoms with Gasteiger partial charge in [0.15, 0.2) is 0 Å². The summed E-state index contributed by atoms with van der Waals surface area (Å²) in [7, 11) is 0. The number of aromatic nitrogens is 3. The standard InChI is InChI=1S/C26H21BrF3N5O/c1-15-5-7-19(33-24(36)17-6-8-20(16(2)27)21(12-17)26(28,29)30)13-23(15)35-25-32-11-9-22(34-25)18-4-3-10-31-14-18/h3-14,16H,1-2H3,(H,33,36)(H,32,34,35). The first-order valence-corrected chi connectivity index (χ1v) is 11.8. The van der Waals surface area contributed by atoms with E-state index in [0.717, 1.165) is 17.2 Å². The van der Waals surface area contributed by atoms with Gasteiger partial charge in [-0.05, 0) is 67.4 Å². The smallest absolute Gasteiger partial charge is 0.324 e. The summed E-state index contributed by atoms with van der Waals surface area (Å²) in [5, 5.41) is 5.81. The predicted octanol–water partition coefficient (Wildman–Crippen LogP) is 7.32. The molecule has 4 rings (SSSR count). The fraction of sp³-hybridized carbons (Fsp3) is 0.154. The van der Waals surface area contributed by atoms with Crippen molar-refractivity contribution in [2.45, 2.75) is 24.9 Å². The summed E-state index contributed by atoms with van der Waals surface area (Å²) in [6, 6.07) is 14.1. The molecule has 10 heteroatoms. The second-order valence-corrected chi connectivity index (χ2v) is 9.41. The number of benzene rings is 2. The van der Waals surface area contributed by atoms with Crippen molar-refractivity contribution < 1.29 is 18.0 Å². The zero-order chi connectivity index (χ0) is 25.9. The maximum absolute atomic E-state index is 13.5. The van der Waals surface area contributed by atoms with E-state index < -0.39 is 22.5 Å². The van der Waals surface area contributed by atoms with Gasteiger partial charge in [-0.1, -0.05) is 28.1 Å². The number of nitrogens with zero attached hydrogens (tertiary/aromatic N) is 3. The Hall–Kier alpha value is -3.79.